The monoisotopic (exact) mass is 510 g/mol. The van der Waals surface area contributed by atoms with Crippen LogP contribution in [0.15, 0.2) is 36.5 Å². The predicted molar refractivity (Wildman–Crippen MR) is 137 cm³/mol. The number of ether oxygens (including phenoxy) is 1. The largest absolute Gasteiger partial charge is 0.507 e. The third-order valence-electron chi connectivity index (χ3n) is 7.66. The van der Waals surface area contributed by atoms with Crippen molar-refractivity contribution >= 4 is 5.82 Å². The SMILES string of the molecule is COc1cc(-c2cc(O)c(-c3ccc(N(CCF)C4C[C@]5(C)CCC[C@](C)(C4)N5)nn3)cc2F)cnn1. The summed E-state index contributed by atoms with van der Waals surface area (Å²) in [4.78, 5) is 2.01. The summed E-state index contributed by atoms with van der Waals surface area (Å²) in [5, 5.41) is 30.8. The van der Waals surface area contributed by atoms with Crippen LogP contribution in [0.2, 0.25) is 0 Å². The van der Waals surface area contributed by atoms with E-state index in [-0.39, 0.29) is 46.4 Å². The van der Waals surface area contributed by atoms with Crippen molar-refractivity contribution < 1.29 is 18.6 Å². The van der Waals surface area contributed by atoms with Gasteiger partial charge in [-0.25, -0.2) is 8.78 Å². The van der Waals surface area contributed by atoms with Gasteiger partial charge in [0, 0.05) is 46.4 Å². The Morgan fingerprint density at radius 2 is 1.84 bits per heavy atom. The van der Waals surface area contributed by atoms with E-state index in [1.54, 1.807) is 12.1 Å². The average Bonchev–Trinajstić information content (AvgIpc) is 2.87. The summed E-state index contributed by atoms with van der Waals surface area (Å²) in [5.74, 6) is 0.0996. The van der Waals surface area contributed by atoms with Gasteiger partial charge in [0.2, 0.25) is 5.88 Å². The number of aromatic nitrogens is 4. The smallest absolute Gasteiger partial charge is 0.233 e. The van der Waals surface area contributed by atoms with E-state index in [2.05, 4.69) is 39.6 Å². The number of nitrogens with zero attached hydrogens (tertiary/aromatic N) is 5. The van der Waals surface area contributed by atoms with E-state index in [1.165, 1.54) is 37.9 Å². The molecule has 2 aliphatic rings. The number of methoxy groups -OCH3 is 1. The second kappa shape index (κ2) is 9.81. The van der Waals surface area contributed by atoms with Crippen molar-refractivity contribution in [2.24, 2.45) is 0 Å². The van der Waals surface area contributed by atoms with Gasteiger partial charge in [-0.3, -0.25) is 0 Å². The molecule has 0 radical (unpaired) electrons. The maximum atomic E-state index is 15.1. The zero-order chi connectivity index (χ0) is 26.2. The van der Waals surface area contributed by atoms with Crippen LogP contribution in [-0.2, 0) is 0 Å². The zero-order valence-corrected chi connectivity index (χ0v) is 21.3. The number of phenols is 1. The highest BCUT2D eigenvalue weighted by Crippen LogP contribution is 2.42. The van der Waals surface area contributed by atoms with E-state index < -0.39 is 12.5 Å². The highest BCUT2D eigenvalue weighted by Gasteiger charge is 2.47. The molecule has 37 heavy (non-hydrogen) atoms. The molecule has 3 aromatic rings. The van der Waals surface area contributed by atoms with Gasteiger partial charge in [-0.1, -0.05) is 0 Å². The van der Waals surface area contributed by atoms with Crippen LogP contribution in [0.4, 0.5) is 14.6 Å². The highest BCUT2D eigenvalue weighted by atomic mass is 19.1. The van der Waals surface area contributed by atoms with Gasteiger partial charge in [-0.2, -0.15) is 5.10 Å². The van der Waals surface area contributed by atoms with Gasteiger partial charge in [0.05, 0.1) is 19.0 Å². The van der Waals surface area contributed by atoms with Crippen molar-refractivity contribution in [1.82, 2.24) is 25.7 Å². The number of alkyl halides is 1. The standard InChI is InChI=1S/C27H32F2N6O2/c1-26-7-4-8-27(2,34-26)15-18(14-26)35(10-9-28)24-6-5-22(31-32-24)20-12-21(29)19(13-23(20)36)17-11-25(37-3)33-30-16-17/h5-6,11-13,16,18,34,36H,4,7-10,14-15H2,1-3H3/t18?,26-,27+. The number of hydrogen-bond acceptors (Lipinski definition) is 8. The molecular weight excluding hydrogens is 478 g/mol. The van der Waals surface area contributed by atoms with Crippen molar-refractivity contribution in [2.75, 3.05) is 25.2 Å². The number of nitrogens with one attached hydrogen (secondary N) is 1. The number of fused-ring (bicyclic) bond motifs is 2. The molecule has 2 saturated heterocycles. The van der Waals surface area contributed by atoms with Crippen molar-refractivity contribution in [2.45, 2.75) is 63.1 Å². The molecule has 2 bridgehead atoms. The Morgan fingerprint density at radius 3 is 2.49 bits per heavy atom. The average molecular weight is 511 g/mol. The Kier molecular flexibility index (Phi) is 6.70. The fourth-order valence-corrected chi connectivity index (χ4v) is 6.14. The third kappa shape index (κ3) is 5.07. The number of anilines is 1. The molecule has 0 spiro atoms. The van der Waals surface area contributed by atoms with E-state index in [1.807, 2.05) is 4.90 Å². The quantitative estimate of drug-likeness (QED) is 0.473. The van der Waals surface area contributed by atoms with Gasteiger partial charge >= 0.3 is 0 Å². The van der Waals surface area contributed by atoms with Crippen LogP contribution < -0.4 is 15.0 Å². The Labute approximate surface area is 215 Å². The van der Waals surface area contributed by atoms with E-state index in [4.69, 9.17) is 4.74 Å². The van der Waals surface area contributed by atoms with Gasteiger partial charge in [-0.05, 0) is 70.2 Å². The first-order chi connectivity index (χ1) is 17.7. The van der Waals surface area contributed by atoms with Gasteiger partial charge in [-0.15, -0.1) is 15.3 Å². The van der Waals surface area contributed by atoms with E-state index in [9.17, 15) is 9.50 Å². The maximum Gasteiger partial charge on any atom is 0.233 e. The number of piperidine rings is 2. The highest BCUT2D eigenvalue weighted by molar-refractivity contribution is 5.75. The summed E-state index contributed by atoms with van der Waals surface area (Å²) < 4.78 is 33.8. The van der Waals surface area contributed by atoms with Gasteiger partial charge in [0.1, 0.15) is 18.2 Å². The van der Waals surface area contributed by atoms with Crippen LogP contribution >= 0.6 is 0 Å². The lowest BCUT2D eigenvalue weighted by Crippen LogP contribution is -2.67. The summed E-state index contributed by atoms with van der Waals surface area (Å²) in [6, 6.07) is 7.66. The van der Waals surface area contributed by atoms with Crippen LogP contribution in [0.25, 0.3) is 22.4 Å². The molecule has 2 fully saturated rings. The van der Waals surface area contributed by atoms with Gasteiger partial charge in [0.25, 0.3) is 0 Å². The third-order valence-corrected chi connectivity index (χ3v) is 7.66. The Bertz CT molecular complexity index is 1260. The molecule has 0 saturated carbocycles. The molecule has 5 rings (SSSR count). The van der Waals surface area contributed by atoms with Crippen LogP contribution in [0.1, 0.15) is 46.0 Å². The number of aromatic hydroxyl groups is 1. The summed E-state index contributed by atoms with van der Waals surface area (Å²) in [5.41, 5.74) is 1.13. The van der Waals surface area contributed by atoms with Crippen LogP contribution in [-0.4, -0.2) is 63.0 Å². The first-order valence-corrected chi connectivity index (χ1v) is 12.6. The Hall–Kier alpha value is -3.40. The first kappa shape index (κ1) is 25.3. The second-order valence-corrected chi connectivity index (χ2v) is 10.7. The Morgan fingerprint density at radius 1 is 1.08 bits per heavy atom. The fourth-order valence-electron chi connectivity index (χ4n) is 6.14. The van der Waals surface area contributed by atoms with E-state index in [0.29, 0.717) is 17.1 Å². The van der Waals surface area contributed by atoms with Crippen molar-refractivity contribution in [3.63, 3.8) is 0 Å². The van der Waals surface area contributed by atoms with Gasteiger partial charge < -0.3 is 20.1 Å². The zero-order valence-electron chi connectivity index (χ0n) is 21.3. The van der Waals surface area contributed by atoms with Crippen molar-refractivity contribution in [3.8, 4) is 34.0 Å². The first-order valence-electron chi connectivity index (χ1n) is 12.6. The van der Waals surface area contributed by atoms with Crippen LogP contribution in [0.3, 0.4) is 0 Å². The molecule has 2 aromatic heterocycles. The number of phenolic OH excluding ortho intramolecular Hbond substituents is 1. The summed E-state index contributed by atoms with van der Waals surface area (Å²) in [6.45, 7) is 4.22. The molecule has 2 aliphatic heterocycles. The molecule has 196 valence electrons. The fraction of sp³-hybridized carbons (Fsp3) is 0.481. The molecule has 4 heterocycles. The van der Waals surface area contributed by atoms with E-state index in [0.717, 1.165) is 25.7 Å². The lowest BCUT2D eigenvalue weighted by atomic mass is 9.69. The number of benzene rings is 1. The van der Waals surface area contributed by atoms with Crippen LogP contribution in [0.5, 0.6) is 11.6 Å². The molecule has 2 N–H and O–H groups in total. The number of halogens is 2. The maximum absolute atomic E-state index is 15.1. The predicted octanol–water partition coefficient (Wildman–Crippen LogP) is 4.68. The minimum absolute atomic E-state index is 0.0112. The van der Waals surface area contributed by atoms with Crippen molar-refractivity contribution in [1.29, 1.82) is 0 Å². The number of hydrogen-bond donors (Lipinski definition) is 2. The topological polar surface area (TPSA) is 96.3 Å². The Balaban J connectivity index is 1.42. The lowest BCUT2D eigenvalue weighted by molar-refractivity contribution is 0.0767. The minimum atomic E-state index is -0.560. The molecule has 8 nitrogen and oxygen atoms in total. The normalized spacial score (nSPS) is 25.1. The van der Waals surface area contributed by atoms with E-state index >= 15 is 4.39 Å². The molecule has 0 amide bonds. The summed E-state index contributed by atoms with van der Waals surface area (Å²) >= 11 is 0. The molecule has 10 heteroatoms. The molecule has 3 atom stereocenters. The molecule has 0 aliphatic carbocycles. The minimum Gasteiger partial charge on any atom is -0.507 e. The molecule has 1 unspecified atom stereocenters. The molecular formula is C27H32F2N6O2. The number of rotatable bonds is 7. The molecule has 1 aromatic carbocycles. The second-order valence-electron chi connectivity index (χ2n) is 10.7. The summed E-state index contributed by atoms with van der Waals surface area (Å²) in [6.07, 6.45) is 6.56. The lowest BCUT2D eigenvalue weighted by Gasteiger charge is -2.55. The van der Waals surface area contributed by atoms with Crippen molar-refractivity contribution in [3.05, 3.63) is 42.3 Å². The van der Waals surface area contributed by atoms with Crippen LogP contribution in [0, 0.1) is 5.82 Å². The van der Waals surface area contributed by atoms with Gasteiger partial charge in [0.15, 0.2) is 5.82 Å². The summed E-state index contributed by atoms with van der Waals surface area (Å²) in [7, 11) is 1.44.